The molecule has 3 aromatic rings. The molecule has 0 saturated heterocycles. The Bertz CT molecular complexity index is 858. The highest BCUT2D eigenvalue weighted by Gasteiger charge is 2.13. The molecule has 6 nitrogen and oxygen atoms in total. The number of H-pyrrole nitrogens is 1. The Morgan fingerprint density at radius 1 is 1.17 bits per heavy atom. The number of rotatable bonds is 4. The zero-order chi connectivity index (χ0) is 16.4. The van der Waals surface area contributed by atoms with Crippen molar-refractivity contribution in [2.75, 3.05) is 5.32 Å². The average Bonchev–Trinajstić information content (AvgIpc) is 3.12. The molecular weight excluding hydrogens is 361 g/mol. The molecule has 9 heteroatoms. The van der Waals surface area contributed by atoms with Gasteiger partial charge in [0.1, 0.15) is 5.69 Å². The summed E-state index contributed by atoms with van der Waals surface area (Å²) < 4.78 is 1.67. The second-order valence-electron chi connectivity index (χ2n) is 4.69. The lowest BCUT2D eigenvalue weighted by Gasteiger charge is -2.04. The molecule has 23 heavy (non-hydrogen) atoms. The average molecular weight is 371 g/mol. The first-order valence-electron chi connectivity index (χ1n) is 6.50. The normalized spacial score (nSPS) is 10.7. The van der Waals surface area contributed by atoms with Crippen LogP contribution in [0, 0.1) is 0 Å². The summed E-state index contributed by atoms with van der Waals surface area (Å²) in [6.07, 6.45) is 3.10. The second-order valence-corrected chi connectivity index (χ2v) is 5.92. The first kappa shape index (κ1) is 15.9. The topological polar surface area (TPSA) is 75.6 Å². The van der Waals surface area contributed by atoms with E-state index in [-0.39, 0.29) is 10.7 Å². The van der Waals surface area contributed by atoms with Crippen LogP contribution in [0.5, 0.6) is 0 Å². The number of anilines is 1. The molecule has 0 spiro atoms. The molecule has 0 fully saturated rings. The maximum absolute atomic E-state index is 12.0. The van der Waals surface area contributed by atoms with E-state index in [1.54, 1.807) is 29.1 Å². The highest BCUT2D eigenvalue weighted by atomic mass is 35.5. The fourth-order valence-corrected chi connectivity index (χ4v) is 2.45. The van der Waals surface area contributed by atoms with Gasteiger partial charge >= 0.3 is 0 Å². The summed E-state index contributed by atoms with van der Waals surface area (Å²) in [7, 11) is 0. The van der Waals surface area contributed by atoms with E-state index < -0.39 is 5.91 Å². The SMILES string of the molecule is O=C(Nc1ccn(Cc2ccc(Cl)c(Cl)c2)n1)c1[nH]ncc1Cl. The number of benzene rings is 1. The Morgan fingerprint density at radius 3 is 2.70 bits per heavy atom. The molecule has 0 saturated carbocycles. The van der Waals surface area contributed by atoms with Crippen molar-refractivity contribution in [3.8, 4) is 0 Å². The molecule has 2 N–H and O–H groups in total. The van der Waals surface area contributed by atoms with Gasteiger partial charge in [0.25, 0.3) is 5.91 Å². The van der Waals surface area contributed by atoms with E-state index in [0.717, 1.165) is 5.56 Å². The molecule has 0 unspecified atom stereocenters. The van der Waals surface area contributed by atoms with Gasteiger partial charge in [-0.1, -0.05) is 40.9 Å². The molecule has 0 radical (unpaired) electrons. The van der Waals surface area contributed by atoms with Gasteiger partial charge in [-0.2, -0.15) is 10.2 Å². The lowest BCUT2D eigenvalue weighted by molar-refractivity contribution is 0.102. The first-order chi connectivity index (χ1) is 11.0. The monoisotopic (exact) mass is 369 g/mol. The Balaban J connectivity index is 1.69. The van der Waals surface area contributed by atoms with Crippen LogP contribution in [0.2, 0.25) is 15.1 Å². The quantitative estimate of drug-likeness (QED) is 0.732. The smallest absolute Gasteiger partial charge is 0.276 e. The summed E-state index contributed by atoms with van der Waals surface area (Å²) >= 11 is 17.7. The van der Waals surface area contributed by atoms with Crippen LogP contribution in [-0.4, -0.2) is 25.9 Å². The van der Waals surface area contributed by atoms with Crippen LogP contribution in [-0.2, 0) is 6.54 Å². The minimum Gasteiger partial charge on any atom is -0.304 e. The van der Waals surface area contributed by atoms with Gasteiger partial charge in [-0.15, -0.1) is 0 Å². The van der Waals surface area contributed by atoms with E-state index in [4.69, 9.17) is 34.8 Å². The number of carbonyl (C=O) groups is 1. The molecule has 0 atom stereocenters. The van der Waals surface area contributed by atoms with E-state index in [1.807, 2.05) is 6.07 Å². The van der Waals surface area contributed by atoms with Crippen LogP contribution in [0.4, 0.5) is 5.82 Å². The third-order valence-electron chi connectivity index (χ3n) is 3.03. The van der Waals surface area contributed by atoms with Crippen LogP contribution in [0.3, 0.4) is 0 Å². The van der Waals surface area contributed by atoms with Crippen molar-refractivity contribution in [2.45, 2.75) is 6.54 Å². The zero-order valence-corrected chi connectivity index (χ0v) is 13.8. The fraction of sp³-hybridized carbons (Fsp3) is 0.0714. The Kier molecular flexibility index (Phi) is 4.56. The van der Waals surface area contributed by atoms with Gasteiger partial charge in [0.2, 0.25) is 0 Å². The van der Waals surface area contributed by atoms with E-state index in [2.05, 4.69) is 20.6 Å². The second kappa shape index (κ2) is 6.62. The summed E-state index contributed by atoms with van der Waals surface area (Å²) in [4.78, 5) is 12.0. The van der Waals surface area contributed by atoms with E-state index >= 15 is 0 Å². The number of nitrogens with zero attached hydrogens (tertiary/aromatic N) is 3. The van der Waals surface area contributed by atoms with E-state index in [0.29, 0.717) is 22.4 Å². The highest BCUT2D eigenvalue weighted by Crippen LogP contribution is 2.23. The van der Waals surface area contributed by atoms with Crippen LogP contribution in [0.1, 0.15) is 16.1 Å². The van der Waals surface area contributed by atoms with Crippen LogP contribution in [0.15, 0.2) is 36.7 Å². The summed E-state index contributed by atoms with van der Waals surface area (Å²) in [5.74, 6) is -0.00647. The van der Waals surface area contributed by atoms with Crippen molar-refractivity contribution in [2.24, 2.45) is 0 Å². The van der Waals surface area contributed by atoms with Crippen LogP contribution < -0.4 is 5.32 Å². The zero-order valence-electron chi connectivity index (χ0n) is 11.6. The Hall–Kier alpha value is -2.02. The number of amides is 1. The summed E-state index contributed by atoms with van der Waals surface area (Å²) in [6, 6.07) is 7.04. The van der Waals surface area contributed by atoms with Crippen LogP contribution in [0.25, 0.3) is 0 Å². The molecule has 2 aromatic heterocycles. The van der Waals surface area contributed by atoms with Gasteiger partial charge in [0.15, 0.2) is 5.82 Å². The van der Waals surface area contributed by atoms with E-state index in [1.165, 1.54) is 6.20 Å². The first-order valence-corrected chi connectivity index (χ1v) is 7.64. The predicted molar refractivity (Wildman–Crippen MR) is 89.3 cm³/mol. The van der Waals surface area contributed by atoms with Crippen molar-refractivity contribution in [1.29, 1.82) is 0 Å². The number of halogens is 3. The van der Waals surface area contributed by atoms with Gasteiger partial charge in [-0.3, -0.25) is 14.6 Å². The van der Waals surface area contributed by atoms with Crippen molar-refractivity contribution in [3.05, 3.63) is 63.0 Å². The molecule has 2 heterocycles. The number of hydrogen-bond donors (Lipinski definition) is 2. The number of aromatic amines is 1. The summed E-state index contributed by atoms with van der Waals surface area (Å²) in [5.41, 5.74) is 1.13. The predicted octanol–water partition coefficient (Wildman–Crippen LogP) is 3.87. The van der Waals surface area contributed by atoms with Gasteiger partial charge in [0.05, 0.1) is 27.8 Å². The molecule has 0 bridgehead atoms. The summed E-state index contributed by atoms with van der Waals surface area (Å²) in [6.45, 7) is 0.498. The van der Waals surface area contributed by atoms with Crippen molar-refractivity contribution < 1.29 is 4.79 Å². The number of aromatic nitrogens is 4. The molecule has 1 aromatic carbocycles. The molecule has 118 valence electrons. The maximum Gasteiger partial charge on any atom is 0.276 e. The standard InChI is InChI=1S/C14H10Cl3N5O/c15-9-2-1-8(5-10(9)16)7-22-4-3-12(21-22)19-14(23)13-11(17)6-18-20-13/h1-6H,7H2,(H,18,20)(H,19,21,23). The van der Waals surface area contributed by atoms with Crippen molar-refractivity contribution >= 4 is 46.5 Å². The fourth-order valence-electron chi connectivity index (χ4n) is 1.95. The maximum atomic E-state index is 12.0. The minimum absolute atomic E-state index is 0.186. The molecule has 1 amide bonds. The highest BCUT2D eigenvalue weighted by molar-refractivity contribution is 6.42. The Labute approximate surface area is 146 Å². The lowest BCUT2D eigenvalue weighted by atomic mass is 10.2. The summed E-state index contributed by atoms with van der Waals surface area (Å²) in [5, 5.41) is 14.4. The molecule has 0 aliphatic rings. The van der Waals surface area contributed by atoms with Crippen molar-refractivity contribution in [1.82, 2.24) is 20.0 Å². The minimum atomic E-state index is -0.410. The lowest BCUT2D eigenvalue weighted by Crippen LogP contribution is -2.14. The Morgan fingerprint density at radius 2 is 2.00 bits per heavy atom. The van der Waals surface area contributed by atoms with Crippen LogP contribution >= 0.6 is 34.8 Å². The number of carbonyl (C=O) groups excluding carboxylic acids is 1. The molecule has 3 rings (SSSR count). The molecule has 0 aliphatic heterocycles. The van der Waals surface area contributed by atoms with Gasteiger partial charge < -0.3 is 5.32 Å². The van der Waals surface area contributed by atoms with E-state index in [9.17, 15) is 4.79 Å². The van der Waals surface area contributed by atoms with Crippen molar-refractivity contribution in [3.63, 3.8) is 0 Å². The number of hydrogen-bond acceptors (Lipinski definition) is 3. The van der Waals surface area contributed by atoms with Gasteiger partial charge in [0, 0.05) is 12.3 Å². The third-order valence-corrected chi connectivity index (χ3v) is 4.06. The third kappa shape index (κ3) is 3.67. The number of nitrogens with one attached hydrogen (secondary N) is 2. The largest absolute Gasteiger partial charge is 0.304 e. The van der Waals surface area contributed by atoms with Gasteiger partial charge in [-0.25, -0.2) is 0 Å². The molecular formula is C14H10Cl3N5O. The van der Waals surface area contributed by atoms with Gasteiger partial charge in [-0.05, 0) is 17.7 Å². The molecule has 0 aliphatic carbocycles.